The summed E-state index contributed by atoms with van der Waals surface area (Å²) in [5, 5.41) is 2.34. The second-order valence-corrected chi connectivity index (χ2v) is 3.74. The molecule has 0 spiro atoms. The van der Waals surface area contributed by atoms with Crippen molar-refractivity contribution in [2.24, 2.45) is 0 Å². The van der Waals surface area contributed by atoms with Gasteiger partial charge in [-0.1, -0.05) is 6.07 Å². The zero-order valence-corrected chi connectivity index (χ0v) is 8.49. The van der Waals surface area contributed by atoms with E-state index in [1.807, 2.05) is 19.1 Å². The average molecular weight is 204 g/mol. The molecule has 0 bridgehead atoms. The third-order valence-corrected chi connectivity index (χ3v) is 2.58. The summed E-state index contributed by atoms with van der Waals surface area (Å²) in [5.74, 6) is -0.621. The molecule has 1 aliphatic rings. The fraction of sp³-hybridized carbons (Fsp3) is 0.364. The number of nitrogens with one attached hydrogen (secondary N) is 1. The molecule has 4 nitrogen and oxygen atoms in total. The Bertz CT molecular complexity index is 398. The SMILES string of the molecule is Cc1ccc(C2CCC(=O)NC2=O)cn1. The molecule has 0 saturated carbocycles. The number of aryl methyl sites for hydroxylation is 1. The van der Waals surface area contributed by atoms with Crippen molar-refractivity contribution in [1.82, 2.24) is 10.3 Å². The number of carbonyl (C=O) groups excluding carboxylic acids is 2. The summed E-state index contributed by atoms with van der Waals surface area (Å²) in [5.41, 5.74) is 1.80. The molecular weight excluding hydrogens is 192 g/mol. The molecule has 1 fully saturated rings. The van der Waals surface area contributed by atoms with Gasteiger partial charge < -0.3 is 0 Å². The average Bonchev–Trinajstić information content (AvgIpc) is 2.20. The number of nitrogens with zero attached hydrogens (tertiary/aromatic N) is 1. The van der Waals surface area contributed by atoms with E-state index in [1.165, 1.54) is 0 Å². The van der Waals surface area contributed by atoms with E-state index < -0.39 is 0 Å². The van der Waals surface area contributed by atoms with Crippen LogP contribution in [-0.4, -0.2) is 16.8 Å². The lowest BCUT2D eigenvalue weighted by Gasteiger charge is -2.20. The highest BCUT2D eigenvalue weighted by molar-refractivity contribution is 6.00. The molecule has 2 rings (SSSR count). The predicted octanol–water partition coefficient (Wildman–Crippen LogP) is 0.910. The van der Waals surface area contributed by atoms with Gasteiger partial charge in [0.15, 0.2) is 0 Å². The lowest BCUT2D eigenvalue weighted by atomic mass is 9.91. The van der Waals surface area contributed by atoms with E-state index in [1.54, 1.807) is 6.20 Å². The Balaban J connectivity index is 2.20. The molecule has 1 aromatic heterocycles. The quantitative estimate of drug-likeness (QED) is 0.692. The van der Waals surface area contributed by atoms with Crippen LogP contribution in [0.1, 0.15) is 30.0 Å². The highest BCUT2D eigenvalue weighted by Crippen LogP contribution is 2.23. The van der Waals surface area contributed by atoms with Crippen molar-refractivity contribution in [3.8, 4) is 0 Å². The summed E-state index contributed by atoms with van der Waals surface area (Å²) in [7, 11) is 0. The second-order valence-electron chi connectivity index (χ2n) is 3.74. The number of rotatable bonds is 1. The number of hydrogen-bond acceptors (Lipinski definition) is 3. The summed E-state index contributed by atoms with van der Waals surface area (Å²) >= 11 is 0. The first kappa shape index (κ1) is 9.83. The largest absolute Gasteiger partial charge is 0.296 e. The van der Waals surface area contributed by atoms with E-state index in [0.29, 0.717) is 12.8 Å². The molecule has 78 valence electrons. The molecular formula is C11H12N2O2. The first-order valence-electron chi connectivity index (χ1n) is 4.93. The number of imide groups is 1. The van der Waals surface area contributed by atoms with Gasteiger partial charge in [-0.25, -0.2) is 0 Å². The fourth-order valence-corrected chi connectivity index (χ4v) is 1.70. The molecule has 1 unspecified atom stereocenters. The van der Waals surface area contributed by atoms with E-state index in [4.69, 9.17) is 0 Å². The zero-order valence-electron chi connectivity index (χ0n) is 8.49. The Morgan fingerprint density at radius 2 is 2.20 bits per heavy atom. The van der Waals surface area contributed by atoms with Gasteiger partial charge >= 0.3 is 0 Å². The normalized spacial score (nSPS) is 21.3. The van der Waals surface area contributed by atoms with Crippen LogP contribution in [0.25, 0.3) is 0 Å². The van der Waals surface area contributed by atoms with E-state index in [-0.39, 0.29) is 17.7 Å². The first-order valence-corrected chi connectivity index (χ1v) is 4.93. The van der Waals surface area contributed by atoms with Gasteiger partial charge in [0.05, 0.1) is 5.92 Å². The minimum absolute atomic E-state index is 0.184. The molecule has 0 aromatic carbocycles. The molecule has 1 atom stereocenters. The van der Waals surface area contributed by atoms with Crippen LogP contribution in [0.3, 0.4) is 0 Å². The molecule has 1 aromatic rings. The van der Waals surface area contributed by atoms with Crippen LogP contribution < -0.4 is 5.32 Å². The number of hydrogen-bond donors (Lipinski definition) is 1. The molecule has 0 radical (unpaired) electrons. The highest BCUT2D eigenvalue weighted by atomic mass is 16.2. The van der Waals surface area contributed by atoms with Crippen molar-refractivity contribution in [1.29, 1.82) is 0 Å². The molecule has 1 aliphatic heterocycles. The van der Waals surface area contributed by atoms with Crippen LogP contribution in [0.2, 0.25) is 0 Å². The summed E-state index contributed by atoms with van der Waals surface area (Å²) in [6, 6.07) is 3.77. The summed E-state index contributed by atoms with van der Waals surface area (Å²) in [6.07, 6.45) is 2.69. The number of piperidine rings is 1. The smallest absolute Gasteiger partial charge is 0.234 e. The van der Waals surface area contributed by atoms with Crippen molar-refractivity contribution in [3.63, 3.8) is 0 Å². The minimum Gasteiger partial charge on any atom is -0.296 e. The van der Waals surface area contributed by atoms with Gasteiger partial charge in [0.2, 0.25) is 11.8 Å². The Morgan fingerprint density at radius 3 is 2.80 bits per heavy atom. The maximum Gasteiger partial charge on any atom is 0.234 e. The van der Waals surface area contributed by atoms with Crippen LogP contribution in [0.15, 0.2) is 18.3 Å². The third-order valence-electron chi connectivity index (χ3n) is 2.58. The van der Waals surface area contributed by atoms with Crippen molar-refractivity contribution in [3.05, 3.63) is 29.6 Å². The van der Waals surface area contributed by atoms with E-state index in [0.717, 1.165) is 11.3 Å². The minimum atomic E-state index is -0.226. The second kappa shape index (κ2) is 3.81. The van der Waals surface area contributed by atoms with E-state index >= 15 is 0 Å². The summed E-state index contributed by atoms with van der Waals surface area (Å²) < 4.78 is 0. The third kappa shape index (κ3) is 2.03. The van der Waals surface area contributed by atoms with Gasteiger partial charge in [0.25, 0.3) is 0 Å². The Labute approximate surface area is 87.7 Å². The zero-order chi connectivity index (χ0) is 10.8. The van der Waals surface area contributed by atoms with Gasteiger partial charge in [-0.05, 0) is 25.0 Å². The maximum atomic E-state index is 11.5. The van der Waals surface area contributed by atoms with Crippen LogP contribution in [0.4, 0.5) is 0 Å². The van der Waals surface area contributed by atoms with Crippen LogP contribution in [0.5, 0.6) is 0 Å². The van der Waals surface area contributed by atoms with Crippen LogP contribution in [0, 0.1) is 6.92 Å². The Morgan fingerprint density at radius 1 is 1.40 bits per heavy atom. The van der Waals surface area contributed by atoms with E-state index in [9.17, 15) is 9.59 Å². The maximum absolute atomic E-state index is 11.5. The van der Waals surface area contributed by atoms with Gasteiger partial charge in [-0.15, -0.1) is 0 Å². The molecule has 2 amide bonds. The van der Waals surface area contributed by atoms with Crippen molar-refractivity contribution < 1.29 is 9.59 Å². The first-order chi connectivity index (χ1) is 7.16. The number of pyridine rings is 1. The van der Waals surface area contributed by atoms with Crippen molar-refractivity contribution >= 4 is 11.8 Å². The van der Waals surface area contributed by atoms with Crippen LogP contribution >= 0.6 is 0 Å². The molecule has 0 aliphatic carbocycles. The van der Waals surface area contributed by atoms with Crippen LogP contribution in [-0.2, 0) is 9.59 Å². The van der Waals surface area contributed by atoms with Gasteiger partial charge in [-0.3, -0.25) is 19.9 Å². The lowest BCUT2D eigenvalue weighted by molar-refractivity contribution is -0.134. The summed E-state index contributed by atoms with van der Waals surface area (Å²) in [4.78, 5) is 26.6. The molecule has 2 heterocycles. The molecule has 1 N–H and O–H groups in total. The molecule has 15 heavy (non-hydrogen) atoms. The summed E-state index contributed by atoms with van der Waals surface area (Å²) in [6.45, 7) is 1.90. The Hall–Kier alpha value is -1.71. The fourth-order valence-electron chi connectivity index (χ4n) is 1.70. The number of carbonyl (C=O) groups is 2. The monoisotopic (exact) mass is 204 g/mol. The molecule has 1 saturated heterocycles. The number of amides is 2. The van der Waals surface area contributed by atoms with Gasteiger partial charge in [-0.2, -0.15) is 0 Å². The Kier molecular flexibility index (Phi) is 2.49. The van der Waals surface area contributed by atoms with Crippen molar-refractivity contribution in [2.75, 3.05) is 0 Å². The van der Waals surface area contributed by atoms with Gasteiger partial charge in [0, 0.05) is 18.3 Å². The molecule has 4 heteroatoms. The highest BCUT2D eigenvalue weighted by Gasteiger charge is 2.27. The predicted molar refractivity (Wildman–Crippen MR) is 54.1 cm³/mol. The number of aromatic nitrogens is 1. The van der Waals surface area contributed by atoms with Gasteiger partial charge in [0.1, 0.15) is 0 Å². The standard InChI is InChI=1S/C11H12N2O2/c1-7-2-3-8(6-12-7)9-4-5-10(14)13-11(9)15/h2-3,6,9H,4-5H2,1H3,(H,13,14,15). The van der Waals surface area contributed by atoms with Crippen molar-refractivity contribution in [2.45, 2.75) is 25.7 Å². The lowest BCUT2D eigenvalue weighted by Crippen LogP contribution is -2.39. The van der Waals surface area contributed by atoms with E-state index in [2.05, 4.69) is 10.3 Å². The topological polar surface area (TPSA) is 59.1 Å².